The highest BCUT2D eigenvalue weighted by atomic mass is 32.2. The molecule has 4 aromatic rings. The molecule has 2 N–H and O–H groups in total. The second-order valence-corrected chi connectivity index (χ2v) is 10.2. The van der Waals surface area contributed by atoms with Gasteiger partial charge in [-0.25, -0.2) is 17.9 Å². The Bertz CT molecular complexity index is 1520. The van der Waals surface area contributed by atoms with Crippen molar-refractivity contribution in [3.8, 4) is 0 Å². The number of sulfonamides is 1. The fourth-order valence-electron chi connectivity index (χ4n) is 3.74. The number of urea groups is 1. The van der Waals surface area contributed by atoms with Crippen LogP contribution >= 0.6 is 0 Å². The van der Waals surface area contributed by atoms with E-state index in [4.69, 9.17) is 0 Å². The Hall–Kier alpha value is -3.89. The molecule has 0 aliphatic rings. The molecule has 0 aliphatic heterocycles. The monoisotopic (exact) mass is 527 g/mol. The van der Waals surface area contributed by atoms with E-state index >= 15 is 0 Å². The third kappa shape index (κ3) is 6.46. The van der Waals surface area contributed by atoms with Gasteiger partial charge >= 0.3 is 12.2 Å². The fourth-order valence-corrected chi connectivity index (χ4v) is 4.79. The van der Waals surface area contributed by atoms with E-state index in [0.29, 0.717) is 5.69 Å². The smallest absolute Gasteiger partial charge is 0.308 e. The van der Waals surface area contributed by atoms with E-state index in [0.717, 1.165) is 33.4 Å². The summed E-state index contributed by atoms with van der Waals surface area (Å²) in [6.07, 6.45) is -4.60. The van der Waals surface area contributed by atoms with E-state index < -0.39 is 27.8 Å². The summed E-state index contributed by atoms with van der Waals surface area (Å²) in [6, 6.07) is 22.5. The Kier molecular flexibility index (Phi) is 7.51. The van der Waals surface area contributed by atoms with Crippen LogP contribution in [0.5, 0.6) is 0 Å². The van der Waals surface area contributed by atoms with Crippen LogP contribution in [0.1, 0.15) is 11.1 Å². The summed E-state index contributed by atoms with van der Waals surface area (Å²) in [5, 5.41) is 4.28. The van der Waals surface area contributed by atoms with Crippen molar-refractivity contribution in [3.63, 3.8) is 0 Å². The lowest BCUT2D eigenvalue weighted by molar-refractivity contribution is -0.137. The first-order valence-corrected chi connectivity index (χ1v) is 12.8. The molecular formula is C27H24F3N3O3S. The van der Waals surface area contributed by atoms with Gasteiger partial charge in [0.05, 0.1) is 10.5 Å². The first-order chi connectivity index (χ1) is 17.5. The molecule has 0 radical (unpaired) electrons. The molecule has 0 unspecified atom stereocenters. The predicted molar refractivity (Wildman–Crippen MR) is 138 cm³/mol. The summed E-state index contributed by atoms with van der Waals surface area (Å²) in [5.41, 5.74) is 0.472. The highest BCUT2D eigenvalue weighted by Gasteiger charge is 2.31. The number of fused-ring (bicyclic) bond motifs is 1. The van der Waals surface area contributed by atoms with E-state index in [2.05, 4.69) is 10.0 Å². The second-order valence-electron chi connectivity index (χ2n) is 8.40. The number of anilines is 2. The molecule has 0 bridgehead atoms. The maximum absolute atomic E-state index is 13.3. The number of benzene rings is 4. The van der Waals surface area contributed by atoms with Gasteiger partial charge in [-0.3, -0.25) is 4.90 Å². The molecule has 0 atom stereocenters. The molecule has 2 amide bonds. The number of hydrogen-bond acceptors (Lipinski definition) is 3. The number of aryl methyl sites for hydroxylation is 1. The average molecular weight is 528 g/mol. The number of halogens is 3. The zero-order valence-corrected chi connectivity index (χ0v) is 20.6. The molecule has 0 aromatic heterocycles. The van der Waals surface area contributed by atoms with Crippen LogP contribution in [0.15, 0.2) is 95.9 Å². The lowest BCUT2D eigenvalue weighted by atomic mass is 10.1. The van der Waals surface area contributed by atoms with E-state index in [1.165, 1.54) is 24.3 Å². The Morgan fingerprint density at radius 1 is 0.865 bits per heavy atom. The van der Waals surface area contributed by atoms with Crippen LogP contribution in [-0.2, 0) is 16.2 Å². The number of hydrogen-bond donors (Lipinski definition) is 2. The molecule has 6 nitrogen and oxygen atoms in total. The third-order valence-electron chi connectivity index (χ3n) is 5.69. The fraction of sp³-hybridized carbons (Fsp3) is 0.148. The molecule has 0 aliphatic carbocycles. The highest BCUT2D eigenvalue weighted by Crippen LogP contribution is 2.32. The van der Waals surface area contributed by atoms with Crippen molar-refractivity contribution in [3.05, 3.63) is 102 Å². The largest absolute Gasteiger partial charge is 0.416 e. The number of amides is 2. The Labute approximate surface area is 212 Å². The van der Waals surface area contributed by atoms with Gasteiger partial charge < -0.3 is 5.32 Å². The zero-order valence-electron chi connectivity index (χ0n) is 19.8. The molecule has 0 heterocycles. The van der Waals surface area contributed by atoms with Gasteiger partial charge in [0, 0.05) is 24.5 Å². The SMILES string of the molecule is Cc1ccc(NC(=O)N(CCNS(=O)(=O)c2ccc3ccccc3c2)c2cccc(C(F)(F)F)c2)cc1. The minimum absolute atomic E-state index is 0.0238. The number of nitrogens with zero attached hydrogens (tertiary/aromatic N) is 1. The predicted octanol–water partition coefficient (Wildman–Crippen LogP) is 6.18. The molecule has 4 aromatic carbocycles. The van der Waals surface area contributed by atoms with Crippen molar-refractivity contribution >= 4 is 38.2 Å². The van der Waals surface area contributed by atoms with Crippen LogP contribution in [-0.4, -0.2) is 27.5 Å². The van der Waals surface area contributed by atoms with E-state index in [1.807, 2.05) is 19.1 Å². The minimum atomic E-state index is -4.60. The van der Waals surface area contributed by atoms with Crippen molar-refractivity contribution in [2.45, 2.75) is 18.0 Å². The maximum atomic E-state index is 13.3. The highest BCUT2D eigenvalue weighted by molar-refractivity contribution is 7.89. The van der Waals surface area contributed by atoms with Crippen molar-refractivity contribution < 1.29 is 26.4 Å². The van der Waals surface area contributed by atoms with Crippen LogP contribution in [0.3, 0.4) is 0 Å². The van der Waals surface area contributed by atoms with Crippen LogP contribution in [0.25, 0.3) is 10.8 Å². The standard InChI is InChI=1S/C27H24F3N3O3S/c1-19-9-12-23(13-10-19)32-26(34)33(24-8-4-7-22(18-24)27(28,29)30)16-15-31-37(35,36)25-14-11-20-5-2-3-6-21(20)17-25/h2-14,17-18,31H,15-16H2,1H3,(H,32,34). The number of carbonyl (C=O) groups is 1. The third-order valence-corrected chi connectivity index (χ3v) is 7.15. The molecule has 4 rings (SSSR count). The average Bonchev–Trinajstić information content (AvgIpc) is 2.87. The topological polar surface area (TPSA) is 78.5 Å². The van der Waals surface area contributed by atoms with Gasteiger partial charge in [0.2, 0.25) is 10.0 Å². The van der Waals surface area contributed by atoms with E-state index in [-0.39, 0.29) is 23.7 Å². The van der Waals surface area contributed by atoms with Gasteiger partial charge in [-0.1, -0.05) is 54.1 Å². The number of carbonyl (C=O) groups excluding carboxylic acids is 1. The van der Waals surface area contributed by atoms with E-state index in [9.17, 15) is 26.4 Å². The molecule has 192 valence electrons. The first-order valence-electron chi connectivity index (χ1n) is 11.3. The number of rotatable bonds is 7. The first kappa shape index (κ1) is 26.2. The lowest BCUT2D eigenvalue weighted by Crippen LogP contribution is -2.41. The van der Waals surface area contributed by atoms with Gasteiger partial charge in [-0.2, -0.15) is 13.2 Å². The van der Waals surface area contributed by atoms with Crippen molar-refractivity contribution in [2.24, 2.45) is 0 Å². The van der Waals surface area contributed by atoms with Crippen molar-refractivity contribution in [1.82, 2.24) is 4.72 Å². The summed E-state index contributed by atoms with van der Waals surface area (Å²) in [6.45, 7) is 1.43. The molecule has 0 spiro atoms. The molecule has 0 saturated carbocycles. The molecule has 0 fully saturated rings. The molecule has 0 saturated heterocycles. The molecular weight excluding hydrogens is 503 g/mol. The summed E-state index contributed by atoms with van der Waals surface area (Å²) in [4.78, 5) is 14.2. The maximum Gasteiger partial charge on any atom is 0.416 e. The summed E-state index contributed by atoms with van der Waals surface area (Å²) >= 11 is 0. The quantitative estimate of drug-likeness (QED) is 0.301. The summed E-state index contributed by atoms with van der Waals surface area (Å²) < 4.78 is 68.2. The van der Waals surface area contributed by atoms with Gasteiger partial charge in [0.15, 0.2) is 0 Å². The Balaban J connectivity index is 1.55. The van der Waals surface area contributed by atoms with Gasteiger partial charge in [-0.15, -0.1) is 0 Å². The molecule has 10 heteroatoms. The zero-order chi connectivity index (χ0) is 26.6. The van der Waals surface area contributed by atoms with E-state index in [1.54, 1.807) is 42.5 Å². The summed E-state index contributed by atoms with van der Waals surface area (Å²) in [7, 11) is -3.94. The van der Waals surface area contributed by atoms with Crippen LogP contribution < -0.4 is 14.9 Å². The summed E-state index contributed by atoms with van der Waals surface area (Å²) in [5.74, 6) is 0. The number of nitrogens with one attached hydrogen (secondary N) is 2. The Morgan fingerprint density at radius 3 is 2.27 bits per heavy atom. The van der Waals surface area contributed by atoms with Crippen molar-refractivity contribution in [1.29, 1.82) is 0 Å². The van der Waals surface area contributed by atoms with Crippen LogP contribution in [0.4, 0.5) is 29.3 Å². The van der Waals surface area contributed by atoms with Crippen molar-refractivity contribution in [2.75, 3.05) is 23.3 Å². The second kappa shape index (κ2) is 10.6. The van der Waals surface area contributed by atoms with Gasteiger partial charge in [-0.05, 0) is 60.2 Å². The molecule has 37 heavy (non-hydrogen) atoms. The normalized spacial score (nSPS) is 11.9. The van der Waals surface area contributed by atoms with Crippen LogP contribution in [0, 0.1) is 6.92 Å². The minimum Gasteiger partial charge on any atom is -0.308 e. The lowest BCUT2D eigenvalue weighted by Gasteiger charge is -2.24. The van der Waals surface area contributed by atoms with Crippen LogP contribution in [0.2, 0.25) is 0 Å². The Morgan fingerprint density at radius 2 is 1.57 bits per heavy atom. The van der Waals surface area contributed by atoms with Gasteiger partial charge in [0.25, 0.3) is 0 Å². The van der Waals surface area contributed by atoms with Gasteiger partial charge in [0.1, 0.15) is 0 Å². The number of alkyl halides is 3.